The summed E-state index contributed by atoms with van der Waals surface area (Å²) in [7, 11) is 0. The van der Waals surface area contributed by atoms with Crippen LogP contribution in [0.25, 0.3) is 0 Å². The highest BCUT2D eigenvalue weighted by atomic mass is 79.9. The number of hydrogen-bond acceptors (Lipinski definition) is 2. The summed E-state index contributed by atoms with van der Waals surface area (Å²) in [6.45, 7) is 2.87. The van der Waals surface area contributed by atoms with E-state index in [-0.39, 0.29) is 5.82 Å². The Morgan fingerprint density at radius 3 is 2.76 bits per heavy atom. The first-order valence-electron chi connectivity index (χ1n) is 5.84. The molecular weight excluding hydrogens is 287 g/mol. The molecule has 1 aromatic rings. The molecule has 4 heteroatoms. The van der Waals surface area contributed by atoms with Crippen molar-refractivity contribution in [2.45, 2.75) is 19.4 Å². The van der Waals surface area contributed by atoms with Crippen molar-refractivity contribution in [2.24, 2.45) is 5.92 Å². The second-order valence-corrected chi connectivity index (χ2v) is 5.26. The van der Waals surface area contributed by atoms with Crippen LogP contribution in [0.1, 0.15) is 18.4 Å². The summed E-state index contributed by atoms with van der Waals surface area (Å²) >= 11 is 3.27. The van der Waals surface area contributed by atoms with Crippen molar-refractivity contribution in [3.8, 4) is 0 Å². The van der Waals surface area contributed by atoms with Crippen LogP contribution in [0, 0.1) is 11.7 Å². The predicted molar refractivity (Wildman–Crippen MR) is 67.3 cm³/mol. The van der Waals surface area contributed by atoms with E-state index in [0.29, 0.717) is 12.5 Å². The molecule has 2 rings (SSSR count). The van der Waals surface area contributed by atoms with Crippen molar-refractivity contribution >= 4 is 15.9 Å². The summed E-state index contributed by atoms with van der Waals surface area (Å²) in [6.07, 6.45) is 2.12. The Morgan fingerprint density at radius 2 is 2.06 bits per heavy atom. The van der Waals surface area contributed by atoms with Gasteiger partial charge in [-0.05, 0) is 42.5 Å². The third-order valence-electron chi connectivity index (χ3n) is 2.89. The van der Waals surface area contributed by atoms with Crippen LogP contribution in [0.5, 0.6) is 0 Å². The normalized spacial score (nSPS) is 17.3. The molecule has 1 fully saturated rings. The van der Waals surface area contributed by atoms with Crippen molar-refractivity contribution in [1.82, 2.24) is 0 Å². The van der Waals surface area contributed by atoms with Gasteiger partial charge in [0, 0.05) is 17.7 Å². The second-order valence-electron chi connectivity index (χ2n) is 4.35. The van der Waals surface area contributed by atoms with E-state index in [4.69, 9.17) is 9.47 Å². The lowest BCUT2D eigenvalue weighted by molar-refractivity contribution is 0.0157. The van der Waals surface area contributed by atoms with E-state index >= 15 is 0 Å². The second kappa shape index (κ2) is 6.47. The van der Waals surface area contributed by atoms with Crippen LogP contribution in [0.3, 0.4) is 0 Å². The average Bonchev–Trinajstić information content (AvgIpc) is 2.29. The van der Waals surface area contributed by atoms with Crippen molar-refractivity contribution < 1.29 is 13.9 Å². The fraction of sp³-hybridized carbons (Fsp3) is 0.538. The number of hydrogen-bond donors (Lipinski definition) is 0. The molecule has 94 valence electrons. The van der Waals surface area contributed by atoms with Crippen LogP contribution in [-0.2, 0) is 16.1 Å². The Kier molecular flexibility index (Phi) is 4.95. The highest BCUT2D eigenvalue weighted by Crippen LogP contribution is 2.18. The summed E-state index contributed by atoms with van der Waals surface area (Å²) in [5.41, 5.74) is 0.865. The maximum absolute atomic E-state index is 13.1. The molecule has 0 amide bonds. The first kappa shape index (κ1) is 13.0. The maximum Gasteiger partial charge on any atom is 0.124 e. The number of ether oxygens (including phenoxy) is 2. The van der Waals surface area contributed by atoms with Crippen molar-refractivity contribution in [1.29, 1.82) is 0 Å². The minimum Gasteiger partial charge on any atom is -0.381 e. The molecule has 0 saturated carbocycles. The van der Waals surface area contributed by atoms with E-state index < -0.39 is 0 Å². The van der Waals surface area contributed by atoms with Gasteiger partial charge >= 0.3 is 0 Å². The molecule has 17 heavy (non-hydrogen) atoms. The molecule has 1 aliphatic heterocycles. The maximum atomic E-state index is 13.1. The largest absolute Gasteiger partial charge is 0.381 e. The molecule has 1 aliphatic rings. The van der Waals surface area contributed by atoms with Crippen molar-refractivity contribution in [2.75, 3.05) is 19.8 Å². The van der Waals surface area contributed by atoms with E-state index in [0.717, 1.165) is 42.7 Å². The molecule has 0 aromatic heterocycles. The molecule has 1 heterocycles. The van der Waals surface area contributed by atoms with E-state index in [9.17, 15) is 4.39 Å². The van der Waals surface area contributed by atoms with Gasteiger partial charge in [-0.25, -0.2) is 4.39 Å². The molecule has 0 bridgehead atoms. The molecular formula is C13H16BrFO2. The third kappa shape index (κ3) is 4.37. The van der Waals surface area contributed by atoms with Gasteiger partial charge in [0.2, 0.25) is 0 Å². The lowest BCUT2D eigenvalue weighted by atomic mass is 10.0. The molecule has 0 unspecified atom stereocenters. The first-order valence-corrected chi connectivity index (χ1v) is 6.64. The molecule has 2 nitrogen and oxygen atoms in total. The predicted octanol–water partition coefficient (Wildman–Crippen LogP) is 3.53. The Morgan fingerprint density at radius 1 is 1.29 bits per heavy atom. The van der Waals surface area contributed by atoms with Crippen LogP contribution in [0.4, 0.5) is 4.39 Å². The topological polar surface area (TPSA) is 18.5 Å². The Balaban J connectivity index is 1.77. The lowest BCUT2D eigenvalue weighted by Gasteiger charge is -2.21. The quantitative estimate of drug-likeness (QED) is 0.847. The smallest absolute Gasteiger partial charge is 0.124 e. The summed E-state index contributed by atoms with van der Waals surface area (Å²) in [5.74, 6) is 0.352. The Bertz CT molecular complexity index is 344. The summed E-state index contributed by atoms with van der Waals surface area (Å²) < 4.78 is 24.8. The minimum atomic E-state index is -0.232. The van der Waals surface area contributed by atoms with Gasteiger partial charge in [-0.3, -0.25) is 0 Å². The zero-order chi connectivity index (χ0) is 12.1. The zero-order valence-corrected chi connectivity index (χ0v) is 11.2. The average molecular weight is 303 g/mol. The van der Waals surface area contributed by atoms with E-state index in [1.165, 1.54) is 12.1 Å². The fourth-order valence-electron chi connectivity index (χ4n) is 1.95. The summed E-state index contributed by atoms with van der Waals surface area (Å²) in [5, 5.41) is 0. The van der Waals surface area contributed by atoms with Crippen molar-refractivity contribution in [3.05, 3.63) is 34.1 Å². The standard InChI is InChI=1S/C13H16BrFO2/c14-12-5-11(6-13(15)7-12)9-17-8-10-1-3-16-4-2-10/h5-7,10H,1-4,8-9H2. The molecule has 0 N–H and O–H groups in total. The van der Waals surface area contributed by atoms with Gasteiger partial charge in [-0.1, -0.05) is 15.9 Å². The molecule has 1 saturated heterocycles. The van der Waals surface area contributed by atoms with Gasteiger partial charge in [-0.15, -0.1) is 0 Å². The van der Waals surface area contributed by atoms with E-state index in [1.54, 1.807) is 0 Å². The molecule has 0 atom stereocenters. The third-order valence-corrected chi connectivity index (χ3v) is 3.34. The first-order chi connectivity index (χ1) is 8.24. The van der Waals surface area contributed by atoms with Crippen molar-refractivity contribution in [3.63, 3.8) is 0 Å². The number of halogens is 2. The van der Waals surface area contributed by atoms with Crippen LogP contribution >= 0.6 is 15.9 Å². The lowest BCUT2D eigenvalue weighted by Crippen LogP contribution is -2.20. The summed E-state index contributed by atoms with van der Waals surface area (Å²) in [4.78, 5) is 0. The highest BCUT2D eigenvalue weighted by Gasteiger charge is 2.13. The molecule has 0 spiro atoms. The van der Waals surface area contributed by atoms with Crippen LogP contribution in [-0.4, -0.2) is 19.8 Å². The summed E-state index contributed by atoms with van der Waals surface area (Å²) in [6, 6.07) is 4.84. The molecule has 0 aliphatic carbocycles. The highest BCUT2D eigenvalue weighted by molar-refractivity contribution is 9.10. The van der Waals surface area contributed by atoms with Crippen LogP contribution in [0.15, 0.2) is 22.7 Å². The van der Waals surface area contributed by atoms with Gasteiger partial charge in [0.05, 0.1) is 13.2 Å². The van der Waals surface area contributed by atoms with Gasteiger partial charge in [0.15, 0.2) is 0 Å². The molecule has 0 radical (unpaired) electrons. The van der Waals surface area contributed by atoms with Crippen LogP contribution in [0.2, 0.25) is 0 Å². The SMILES string of the molecule is Fc1cc(Br)cc(COCC2CCOCC2)c1. The Labute approximate surface area is 109 Å². The minimum absolute atomic E-state index is 0.232. The van der Waals surface area contributed by atoms with Crippen LogP contribution < -0.4 is 0 Å². The monoisotopic (exact) mass is 302 g/mol. The van der Waals surface area contributed by atoms with Gasteiger partial charge in [0.1, 0.15) is 5.82 Å². The number of benzene rings is 1. The van der Waals surface area contributed by atoms with Gasteiger partial charge in [0.25, 0.3) is 0 Å². The zero-order valence-electron chi connectivity index (χ0n) is 9.62. The number of rotatable bonds is 4. The fourth-order valence-corrected chi connectivity index (χ4v) is 2.46. The van der Waals surface area contributed by atoms with Gasteiger partial charge < -0.3 is 9.47 Å². The molecule has 1 aromatic carbocycles. The van der Waals surface area contributed by atoms with E-state index in [2.05, 4.69) is 15.9 Å². The van der Waals surface area contributed by atoms with E-state index in [1.807, 2.05) is 6.07 Å². The Hall–Kier alpha value is -0.450. The van der Waals surface area contributed by atoms with Gasteiger partial charge in [-0.2, -0.15) is 0 Å².